The van der Waals surface area contributed by atoms with Crippen LogP contribution in [0.25, 0.3) is 0 Å². The molecule has 1 fully saturated rings. The van der Waals surface area contributed by atoms with Gasteiger partial charge in [-0.15, -0.1) is 10.0 Å². The number of nitrogens with one attached hydrogen (secondary N) is 2. The number of anilines is 2. The van der Waals surface area contributed by atoms with E-state index in [-0.39, 0.29) is 10.6 Å². The summed E-state index contributed by atoms with van der Waals surface area (Å²) in [5, 5.41) is 22.3. The molecule has 30 heavy (non-hydrogen) atoms. The van der Waals surface area contributed by atoms with E-state index in [0.717, 1.165) is 23.4 Å². The number of carboxylic acid groups (broad SMARTS) is 1. The van der Waals surface area contributed by atoms with E-state index in [9.17, 15) is 14.7 Å². The standard InChI is InChI=1S/C20H21N7O3/c1-20(2)13-6-5-12(10-14(13)23-18(20)30)22-19-24-16-11-21-7-9-27(16,25-19)26-8-3-4-15(26)17(28)29/h5-7,9-11,15H,3-4,8H2,1-2H3,(H2-,22,23,25,28,29,30)/p+1/t15-,27?/m1/s1. The van der Waals surface area contributed by atoms with Crippen LogP contribution in [-0.2, 0) is 15.0 Å². The maximum Gasteiger partial charge on any atom is 0.326 e. The van der Waals surface area contributed by atoms with Crippen LogP contribution in [0.15, 0.2) is 45.7 Å². The van der Waals surface area contributed by atoms with Gasteiger partial charge in [0, 0.05) is 11.4 Å². The Morgan fingerprint density at radius 1 is 1.40 bits per heavy atom. The smallest absolute Gasteiger partial charge is 0.326 e. The van der Waals surface area contributed by atoms with Crippen molar-refractivity contribution in [3.63, 3.8) is 0 Å². The number of nitrogens with zero attached hydrogens (tertiary/aromatic N) is 5. The van der Waals surface area contributed by atoms with Crippen molar-refractivity contribution in [2.75, 3.05) is 17.2 Å². The Balaban J connectivity index is 1.47. The van der Waals surface area contributed by atoms with Crippen LogP contribution in [0.2, 0.25) is 0 Å². The lowest BCUT2D eigenvalue weighted by Crippen LogP contribution is -2.59. The second-order valence-corrected chi connectivity index (χ2v) is 8.24. The topological polar surface area (TPSA) is 119 Å². The molecule has 1 aromatic rings. The molecule has 0 bridgehead atoms. The summed E-state index contributed by atoms with van der Waals surface area (Å²) < 4.78 is -0.141. The average molecular weight is 408 g/mol. The molecule has 10 nitrogen and oxygen atoms in total. The van der Waals surface area contributed by atoms with Crippen LogP contribution in [0.3, 0.4) is 0 Å². The van der Waals surface area contributed by atoms with Crippen LogP contribution in [0.1, 0.15) is 32.3 Å². The minimum Gasteiger partial charge on any atom is -0.480 e. The van der Waals surface area contributed by atoms with Gasteiger partial charge >= 0.3 is 11.8 Å². The zero-order chi connectivity index (χ0) is 21.1. The first-order valence-corrected chi connectivity index (χ1v) is 9.83. The van der Waals surface area contributed by atoms with Crippen molar-refractivity contribution in [1.29, 1.82) is 0 Å². The Bertz CT molecular complexity index is 1090. The summed E-state index contributed by atoms with van der Waals surface area (Å²) in [6, 6.07) is 5.00. The molecule has 4 aliphatic heterocycles. The number of benzene rings is 1. The maximum absolute atomic E-state index is 12.2. The molecule has 1 saturated heterocycles. The summed E-state index contributed by atoms with van der Waals surface area (Å²) in [5.41, 5.74) is 1.85. The van der Waals surface area contributed by atoms with Gasteiger partial charge in [-0.3, -0.25) is 14.6 Å². The highest BCUT2D eigenvalue weighted by Gasteiger charge is 2.53. The second kappa shape index (κ2) is 6.31. The number of carbonyl (C=O) groups excluding carboxylic acids is 1. The summed E-state index contributed by atoms with van der Waals surface area (Å²) in [4.78, 5) is 32.7. The van der Waals surface area contributed by atoms with Gasteiger partial charge in [-0.1, -0.05) is 6.07 Å². The molecule has 0 aliphatic carbocycles. The molecule has 3 N–H and O–H groups in total. The number of guanidine groups is 1. The summed E-state index contributed by atoms with van der Waals surface area (Å²) >= 11 is 0. The van der Waals surface area contributed by atoms with Crippen molar-refractivity contribution < 1.29 is 19.4 Å². The van der Waals surface area contributed by atoms with Crippen LogP contribution in [0.4, 0.5) is 11.4 Å². The molecule has 0 saturated carbocycles. The van der Waals surface area contributed by atoms with E-state index in [4.69, 9.17) is 5.10 Å². The number of aliphatic imine (C=N–C) groups is 2. The number of fused-ring (bicyclic) bond motifs is 2. The van der Waals surface area contributed by atoms with Crippen LogP contribution >= 0.6 is 0 Å². The molecular formula is C20H22N7O3+. The predicted molar refractivity (Wildman–Crippen MR) is 112 cm³/mol. The molecule has 154 valence electrons. The van der Waals surface area contributed by atoms with E-state index in [1.807, 2.05) is 37.1 Å². The molecule has 0 spiro atoms. The fraction of sp³-hybridized carbons (Fsp3) is 0.350. The first-order chi connectivity index (χ1) is 14.3. The Hall–Kier alpha value is -3.37. The van der Waals surface area contributed by atoms with Crippen molar-refractivity contribution in [3.05, 3.63) is 36.2 Å². The van der Waals surface area contributed by atoms with Crippen LogP contribution in [0.5, 0.6) is 0 Å². The largest absolute Gasteiger partial charge is 0.480 e. The number of amides is 1. The van der Waals surface area contributed by atoms with Crippen molar-refractivity contribution in [2.24, 2.45) is 15.1 Å². The normalized spacial score (nSPS) is 28.6. The zero-order valence-corrected chi connectivity index (χ0v) is 16.7. The first-order valence-electron chi connectivity index (χ1n) is 9.83. The minimum atomic E-state index is -0.871. The summed E-state index contributed by atoms with van der Waals surface area (Å²) in [6.07, 6.45) is 6.27. The predicted octanol–water partition coefficient (Wildman–Crippen LogP) is 1.85. The average Bonchev–Trinajstić information content (AvgIpc) is 3.37. The van der Waals surface area contributed by atoms with Crippen LogP contribution in [-0.4, -0.2) is 57.3 Å². The fourth-order valence-electron chi connectivity index (χ4n) is 4.36. The number of hydrogen-bond acceptors (Lipinski definition) is 7. The number of quaternary nitrogens is 1. The third kappa shape index (κ3) is 2.61. The van der Waals surface area contributed by atoms with Gasteiger partial charge in [-0.25, -0.2) is 0 Å². The monoisotopic (exact) mass is 408 g/mol. The highest BCUT2D eigenvalue weighted by molar-refractivity contribution is 6.30. The summed E-state index contributed by atoms with van der Waals surface area (Å²) in [6.45, 7) is 4.37. The van der Waals surface area contributed by atoms with Gasteiger partial charge in [0.15, 0.2) is 12.2 Å². The fourth-order valence-corrected chi connectivity index (χ4v) is 4.36. The lowest BCUT2D eigenvalue weighted by atomic mass is 9.86. The molecule has 10 heteroatoms. The summed E-state index contributed by atoms with van der Waals surface area (Å²) in [7, 11) is 0. The van der Waals surface area contributed by atoms with E-state index in [0.29, 0.717) is 24.8 Å². The van der Waals surface area contributed by atoms with E-state index in [1.165, 1.54) is 0 Å². The molecular weight excluding hydrogens is 386 g/mol. The number of carboxylic acids is 1. The lowest BCUT2D eigenvalue weighted by Gasteiger charge is -2.34. The third-order valence-corrected chi connectivity index (χ3v) is 6.02. The Labute approximate surface area is 172 Å². The number of aliphatic carboxylic acids is 1. The third-order valence-electron chi connectivity index (χ3n) is 6.02. The molecule has 1 unspecified atom stereocenters. The molecule has 0 aromatic heterocycles. The van der Waals surface area contributed by atoms with Crippen molar-refractivity contribution in [2.45, 2.75) is 38.1 Å². The summed E-state index contributed by atoms with van der Waals surface area (Å²) in [5.74, 6) is -0.0278. The van der Waals surface area contributed by atoms with Gasteiger partial charge in [0.25, 0.3) is 5.96 Å². The van der Waals surface area contributed by atoms with Crippen LogP contribution < -0.4 is 10.6 Å². The van der Waals surface area contributed by atoms with Crippen molar-refractivity contribution in [1.82, 2.24) is 5.01 Å². The molecule has 1 aromatic carbocycles. The number of rotatable bonds is 3. The molecule has 4 aliphatic rings. The van der Waals surface area contributed by atoms with Gasteiger partial charge in [-0.05, 0) is 54.2 Å². The molecule has 5 rings (SSSR count). The van der Waals surface area contributed by atoms with Crippen molar-refractivity contribution in [3.8, 4) is 0 Å². The lowest BCUT2D eigenvalue weighted by molar-refractivity contribution is -0.918. The highest BCUT2D eigenvalue weighted by Crippen LogP contribution is 2.39. The minimum absolute atomic E-state index is 0.0372. The molecule has 1 amide bonds. The molecule has 4 heterocycles. The second-order valence-electron chi connectivity index (χ2n) is 8.24. The van der Waals surface area contributed by atoms with E-state index in [2.05, 4.69) is 20.6 Å². The van der Waals surface area contributed by atoms with Gasteiger partial charge in [0.1, 0.15) is 6.21 Å². The van der Waals surface area contributed by atoms with Gasteiger partial charge in [0.05, 0.1) is 18.2 Å². The van der Waals surface area contributed by atoms with Crippen LogP contribution in [0, 0.1) is 0 Å². The Morgan fingerprint density at radius 2 is 2.23 bits per heavy atom. The highest BCUT2D eigenvalue weighted by atomic mass is 16.4. The first kappa shape index (κ1) is 18.6. The van der Waals surface area contributed by atoms with Gasteiger partial charge in [0.2, 0.25) is 5.91 Å². The van der Waals surface area contributed by atoms with Crippen molar-refractivity contribution >= 4 is 41.3 Å². The Morgan fingerprint density at radius 3 is 3.03 bits per heavy atom. The number of amidine groups is 1. The van der Waals surface area contributed by atoms with Gasteiger partial charge in [-0.2, -0.15) is 0 Å². The maximum atomic E-state index is 12.2. The SMILES string of the molecule is CC1(C)C(=O)Nc2cc(NC3=N[N+]4(N5CCC[C@@H]5C(=O)O)C=CN=CC4=N3)ccc21. The van der Waals surface area contributed by atoms with Gasteiger partial charge < -0.3 is 15.7 Å². The van der Waals surface area contributed by atoms with E-state index >= 15 is 0 Å². The quantitative estimate of drug-likeness (QED) is 0.660. The molecule has 2 atom stereocenters. The Kier molecular flexibility index (Phi) is 3.92. The number of hydrogen-bond donors (Lipinski definition) is 3. The molecule has 0 radical (unpaired) electrons. The zero-order valence-electron chi connectivity index (χ0n) is 16.7. The number of carbonyl (C=O) groups is 2. The van der Waals surface area contributed by atoms with E-state index in [1.54, 1.807) is 18.6 Å². The van der Waals surface area contributed by atoms with E-state index < -0.39 is 17.4 Å².